The summed E-state index contributed by atoms with van der Waals surface area (Å²) < 4.78 is 18.0. The third kappa shape index (κ3) is 3.08. The van der Waals surface area contributed by atoms with E-state index in [1.165, 1.54) is 43.2 Å². The van der Waals surface area contributed by atoms with Crippen LogP contribution in [0.25, 0.3) is 0 Å². The minimum Gasteiger partial charge on any atom is -0.491 e. The van der Waals surface area contributed by atoms with Crippen LogP contribution in [0.5, 0.6) is 17.2 Å². The molecule has 1 fully saturated rings. The van der Waals surface area contributed by atoms with Gasteiger partial charge in [0.25, 0.3) is 0 Å². The van der Waals surface area contributed by atoms with Crippen molar-refractivity contribution < 1.29 is 19.0 Å². The molecule has 1 amide bonds. The Kier molecular flexibility index (Phi) is 4.94. The van der Waals surface area contributed by atoms with Crippen LogP contribution in [0.2, 0.25) is 0 Å². The van der Waals surface area contributed by atoms with Crippen molar-refractivity contribution >= 4 is 11.6 Å². The van der Waals surface area contributed by atoms with Gasteiger partial charge in [-0.05, 0) is 31.9 Å². The van der Waals surface area contributed by atoms with E-state index in [0.29, 0.717) is 35.1 Å². The van der Waals surface area contributed by atoms with Crippen LogP contribution in [0, 0.1) is 12.8 Å². The number of ether oxygens (including phenoxy) is 3. The number of carbonyl (C=O) groups excluding carboxylic acids is 1. The van der Waals surface area contributed by atoms with E-state index in [-0.39, 0.29) is 12.7 Å². The molecule has 0 bridgehead atoms. The summed E-state index contributed by atoms with van der Waals surface area (Å²) in [7, 11) is 0. The lowest BCUT2D eigenvalue weighted by atomic mass is 9.77. The Balaban J connectivity index is 1.41. The molecule has 184 valence electrons. The van der Waals surface area contributed by atoms with Crippen LogP contribution in [0.4, 0.5) is 5.69 Å². The Morgan fingerprint density at radius 3 is 2.42 bits per heavy atom. The van der Waals surface area contributed by atoms with Gasteiger partial charge in [-0.1, -0.05) is 67.3 Å². The van der Waals surface area contributed by atoms with Gasteiger partial charge < -0.3 is 14.2 Å². The van der Waals surface area contributed by atoms with Crippen molar-refractivity contribution in [3.05, 3.63) is 82.9 Å². The molecule has 3 heterocycles. The first-order chi connectivity index (χ1) is 17.6. The molecular formula is C31H32NO4+. The molecule has 1 spiro atoms. The van der Waals surface area contributed by atoms with Crippen LogP contribution in [0.3, 0.4) is 0 Å². The summed E-state index contributed by atoms with van der Waals surface area (Å²) in [6, 6.07) is 21.1. The van der Waals surface area contributed by atoms with Crippen molar-refractivity contribution in [2.24, 2.45) is 5.92 Å². The van der Waals surface area contributed by atoms with Gasteiger partial charge in [0.15, 0.2) is 16.9 Å². The molecular weight excluding hydrogens is 450 g/mol. The molecule has 5 nitrogen and oxygen atoms in total. The van der Waals surface area contributed by atoms with Crippen molar-refractivity contribution in [3.63, 3.8) is 0 Å². The molecule has 7 rings (SSSR count). The van der Waals surface area contributed by atoms with Gasteiger partial charge in [-0.2, -0.15) is 0 Å². The summed E-state index contributed by atoms with van der Waals surface area (Å²) in [6.45, 7) is 4.13. The number of fused-ring (bicyclic) bond motifs is 5. The lowest BCUT2D eigenvalue weighted by molar-refractivity contribution is -0.134. The normalized spacial score (nSPS) is 26.2. The average molecular weight is 483 g/mol. The van der Waals surface area contributed by atoms with Gasteiger partial charge in [-0.15, -0.1) is 0 Å². The predicted octanol–water partition coefficient (Wildman–Crippen LogP) is 6.03. The molecule has 0 radical (unpaired) electrons. The largest absolute Gasteiger partial charge is 0.491 e. The fourth-order valence-electron chi connectivity index (χ4n) is 7.06. The molecule has 3 aliphatic heterocycles. The summed E-state index contributed by atoms with van der Waals surface area (Å²) in [4.78, 5) is 15.1. The van der Waals surface area contributed by atoms with Crippen molar-refractivity contribution in [1.29, 1.82) is 0 Å². The van der Waals surface area contributed by atoms with E-state index < -0.39 is 5.41 Å². The lowest BCUT2D eigenvalue weighted by Gasteiger charge is -2.37. The van der Waals surface area contributed by atoms with Crippen molar-refractivity contribution in [2.45, 2.75) is 51.0 Å². The molecule has 36 heavy (non-hydrogen) atoms. The van der Waals surface area contributed by atoms with Crippen LogP contribution in [-0.4, -0.2) is 25.9 Å². The minimum atomic E-state index is -0.841. The second-order valence-corrected chi connectivity index (χ2v) is 11.0. The monoisotopic (exact) mass is 482 g/mol. The van der Waals surface area contributed by atoms with E-state index >= 15 is 4.79 Å². The predicted molar refractivity (Wildman–Crippen MR) is 138 cm³/mol. The maximum absolute atomic E-state index is 15.1. The van der Waals surface area contributed by atoms with Gasteiger partial charge in [0, 0.05) is 28.7 Å². The molecule has 2 unspecified atom stereocenters. The minimum absolute atomic E-state index is 0.199. The molecule has 4 aliphatic rings. The summed E-state index contributed by atoms with van der Waals surface area (Å²) in [6.07, 6.45) is 6.21. The Hall–Kier alpha value is -3.31. The summed E-state index contributed by atoms with van der Waals surface area (Å²) in [5.41, 5.74) is 4.71. The number of para-hydroxylation sites is 1. The van der Waals surface area contributed by atoms with Gasteiger partial charge >= 0.3 is 5.91 Å². The van der Waals surface area contributed by atoms with Gasteiger partial charge in [0.2, 0.25) is 6.79 Å². The van der Waals surface area contributed by atoms with E-state index in [1.807, 2.05) is 12.1 Å². The van der Waals surface area contributed by atoms with E-state index in [2.05, 4.69) is 55.5 Å². The average Bonchev–Trinajstić information content (AvgIpc) is 3.57. The van der Waals surface area contributed by atoms with Gasteiger partial charge in [-0.25, -0.2) is 9.28 Å². The standard InChI is InChI=1S/C31H32NO4/c1-21-11-13-23(14-12-21)18-32(17-22-7-3-2-4-8-22)26-10-6-5-9-24(26)31(30(32)33)19-34-27-16-29-28(15-25(27)31)35-20-36-29/h5-6,9-16,22H,2-4,7-8,17-20H2,1H3/q+1. The molecule has 2 atom stereocenters. The second kappa shape index (κ2) is 8.10. The molecule has 3 aromatic rings. The number of hydrogen-bond donors (Lipinski definition) is 0. The van der Waals surface area contributed by atoms with Gasteiger partial charge in [0.05, 0.1) is 6.54 Å². The Bertz CT molecular complexity index is 1340. The van der Waals surface area contributed by atoms with Gasteiger partial charge in [-0.3, -0.25) is 0 Å². The highest BCUT2D eigenvalue weighted by atomic mass is 16.7. The maximum Gasteiger partial charge on any atom is 0.338 e. The quantitative estimate of drug-likeness (QED) is 0.426. The first-order valence-corrected chi connectivity index (χ1v) is 13.2. The maximum atomic E-state index is 15.1. The number of hydrogen-bond acceptors (Lipinski definition) is 4. The van der Waals surface area contributed by atoms with Crippen LogP contribution in [-0.2, 0) is 16.8 Å². The smallest absolute Gasteiger partial charge is 0.338 e. The number of aryl methyl sites for hydroxylation is 1. The number of carbonyl (C=O) groups is 1. The molecule has 0 aromatic heterocycles. The highest BCUT2D eigenvalue weighted by molar-refractivity contribution is 6.08. The summed E-state index contributed by atoms with van der Waals surface area (Å²) in [5.74, 6) is 2.88. The Labute approximate surface area is 212 Å². The zero-order valence-corrected chi connectivity index (χ0v) is 20.8. The fraction of sp³-hybridized carbons (Fsp3) is 0.387. The lowest BCUT2D eigenvalue weighted by Crippen LogP contribution is -2.58. The highest BCUT2D eigenvalue weighted by Gasteiger charge is 2.67. The SMILES string of the molecule is Cc1ccc(C[N+]2(CC3CCCCC3)C(=O)C3(COc4cc5c(cc43)OCO5)c3ccccc32)cc1. The molecule has 0 N–H and O–H groups in total. The van der Waals surface area contributed by atoms with Crippen LogP contribution in [0.1, 0.15) is 54.4 Å². The molecule has 1 aliphatic carbocycles. The fourth-order valence-corrected chi connectivity index (χ4v) is 7.06. The number of benzene rings is 3. The summed E-state index contributed by atoms with van der Waals surface area (Å²) in [5, 5.41) is 0. The topological polar surface area (TPSA) is 44.8 Å². The highest BCUT2D eigenvalue weighted by Crippen LogP contribution is 2.58. The zero-order chi connectivity index (χ0) is 24.3. The summed E-state index contributed by atoms with van der Waals surface area (Å²) >= 11 is 0. The van der Waals surface area contributed by atoms with E-state index in [1.54, 1.807) is 0 Å². The van der Waals surface area contributed by atoms with Gasteiger partial charge in [0.1, 0.15) is 24.6 Å². The third-order valence-corrected chi connectivity index (χ3v) is 8.83. The van der Waals surface area contributed by atoms with Crippen LogP contribution in [0.15, 0.2) is 60.7 Å². The molecule has 0 saturated heterocycles. The number of quaternary nitrogens is 1. The molecule has 1 saturated carbocycles. The zero-order valence-electron chi connectivity index (χ0n) is 20.8. The van der Waals surface area contributed by atoms with E-state index in [4.69, 9.17) is 14.2 Å². The van der Waals surface area contributed by atoms with Crippen molar-refractivity contribution in [3.8, 4) is 17.2 Å². The first kappa shape index (κ1) is 21.9. The van der Waals surface area contributed by atoms with Crippen LogP contribution >= 0.6 is 0 Å². The molecule has 3 aromatic carbocycles. The number of nitrogens with zero attached hydrogens (tertiary/aromatic N) is 1. The number of amides is 1. The Morgan fingerprint density at radius 2 is 1.61 bits per heavy atom. The molecule has 5 heteroatoms. The number of rotatable bonds is 4. The first-order valence-electron chi connectivity index (χ1n) is 13.2. The van der Waals surface area contributed by atoms with Crippen LogP contribution < -0.4 is 18.7 Å². The third-order valence-electron chi connectivity index (χ3n) is 8.83. The van der Waals surface area contributed by atoms with Crippen molar-refractivity contribution in [1.82, 2.24) is 4.48 Å². The second-order valence-electron chi connectivity index (χ2n) is 11.0. The van der Waals surface area contributed by atoms with E-state index in [0.717, 1.165) is 29.1 Å². The van der Waals surface area contributed by atoms with E-state index in [9.17, 15) is 0 Å². The van der Waals surface area contributed by atoms with Crippen molar-refractivity contribution in [2.75, 3.05) is 19.9 Å². The Morgan fingerprint density at radius 1 is 0.861 bits per heavy atom.